The van der Waals surface area contributed by atoms with E-state index in [-0.39, 0.29) is 5.82 Å². The highest BCUT2D eigenvalue weighted by Crippen LogP contribution is 2.42. The fourth-order valence-corrected chi connectivity index (χ4v) is 4.27. The van der Waals surface area contributed by atoms with Gasteiger partial charge in [0.05, 0.1) is 12.3 Å². The SMILES string of the molecule is Cc1ncccc1Oc1cccnc1N(Sc1ccccc1)c1nc([C@H](O)CO)ns1. The summed E-state index contributed by atoms with van der Waals surface area (Å²) in [6, 6.07) is 17.0. The third-order valence-corrected chi connectivity index (χ3v) is 5.98. The van der Waals surface area contributed by atoms with Crippen LogP contribution >= 0.6 is 23.5 Å². The topological polar surface area (TPSA) is 104 Å². The van der Waals surface area contributed by atoms with Crippen LogP contribution < -0.4 is 9.04 Å². The molecule has 0 amide bonds. The number of aryl methyl sites for hydroxylation is 1. The summed E-state index contributed by atoms with van der Waals surface area (Å²) in [7, 11) is 0. The van der Waals surface area contributed by atoms with E-state index in [0.717, 1.165) is 22.1 Å². The normalized spacial score (nSPS) is 11.8. The maximum absolute atomic E-state index is 9.92. The lowest BCUT2D eigenvalue weighted by Gasteiger charge is -2.21. The average molecular weight is 454 g/mol. The van der Waals surface area contributed by atoms with Crippen LogP contribution in [0.5, 0.6) is 11.5 Å². The summed E-state index contributed by atoms with van der Waals surface area (Å²) < 4.78 is 12.1. The molecule has 1 atom stereocenters. The van der Waals surface area contributed by atoms with E-state index in [0.29, 0.717) is 22.4 Å². The predicted molar refractivity (Wildman–Crippen MR) is 120 cm³/mol. The van der Waals surface area contributed by atoms with Gasteiger partial charge < -0.3 is 14.9 Å². The minimum Gasteiger partial charge on any atom is -0.452 e. The predicted octanol–water partition coefficient (Wildman–Crippen LogP) is 4.30. The minimum absolute atomic E-state index is 0.155. The van der Waals surface area contributed by atoms with Crippen LogP contribution in [0.25, 0.3) is 0 Å². The largest absolute Gasteiger partial charge is 0.452 e. The third-order valence-electron chi connectivity index (χ3n) is 4.14. The van der Waals surface area contributed by atoms with Crippen molar-refractivity contribution in [3.05, 3.63) is 78.5 Å². The molecule has 3 aromatic heterocycles. The van der Waals surface area contributed by atoms with Gasteiger partial charge in [-0.1, -0.05) is 18.2 Å². The number of pyridine rings is 2. The molecular formula is C21H19N5O3S2. The quantitative estimate of drug-likeness (QED) is 0.378. The van der Waals surface area contributed by atoms with E-state index in [9.17, 15) is 10.2 Å². The summed E-state index contributed by atoms with van der Waals surface area (Å²) in [6.07, 6.45) is 2.23. The van der Waals surface area contributed by atoms with Gasteiger partial charge in [-0.25, -0.2) is 9.29 Å². The van der Waals surface area contributed by atoms with Crippen LogP contribution in [0.1, 0.15) is 17.6 Å². The van der Waals surface area contributed by atoms with Gasteiger partial charge in [0.2, 0.25) is 5.13 Å². The van der Waals surface area contributed by atoms with Crippen LogP contribution in [0.15, 0.2) is 71.9 Å². The number of rotatable bonds is 8. The molecule has 8 nitrogen and oxygen atoms in total. The standard InChI is InChI=1S/C21H19N5O3S2/c1-14-17(9-5-11-22-14)29-18-10-6-12-23-20(18)26(31-15-7-3-2-4-8-15)21-24-19(25-30-21)16(28)13-27/h2-12,16,27-28H,13H2,1H3/t16-/m1/s1. The maximum atomic E-state index is 9.92. The number of aromatic nitrogens is 4. The van der Waals surface area contributed by atoms with E-state index >= 15 is 0 Å². The molecule has 0 spiro atoms. The molecule has 0 saturated carbocycles. The summed E-state index contributed by atoms with van der Waals surface area (Å²) in [4.78, 5) is 14.2. The van der Waals surface area contributed by atoms with Crippen molar-refractivity contribution >= 4 is 34.4 Å². The first-order valence-electron chi connectivity index (χ1n) is 9.36. The molecule has 0 unspecified atom stereocenters. The highest BCUT2D eigenvalue weighted by Gasteiger charge is 2.24. The summed E-state index contributed by atoms with van der Waals surface area (Å²) in [5.74, 6) is 1.81. The van der Waals surface area contributed by atoms with Gasteiger partial charge >= 0.3 is 0 Å². The lowest BCUT2D eigenvalue weighted by Crippen LogP contribution is -2.11. The van der Waals surface area contributed by atoms with E-state index in [1.807, 2.05) is 55.5 Å². The molecule has 158 valence electrons. The smallest absolute Gasteiger partial charge is 0.221 e. The molecule has 3 heterocycles. The van der Waals surface area contributed by atoms with Crippen LogP contribution in [0.4, 0.5) is 10.9 Å². The van der Waals surface area contributed by atoms with Gasteiger partial charge in [0.1, 0.15) is 11.9 Å². The van der Waals surface area contributed by atoms with Gasteiger partial charge in [-0.05, 0) is 55.3 Å². The number of nitrogens with zero attached hydrogens (tertiary/aromatic N) is 5. The first-order chi connectivity index (χ1) is 15.2. The van der Waals surface area contributed by atoms with E-state index in [4.69, 9.17) is 4.74 Å². The van der Waals surface area contributed by atoms with E-state index in [2.05, 4.69) is 19.3 Å². The third kappa shape index (κ3) is 5.00. The molecule has 0 aliphatic rings. The Morgan fingerprint density at radius 2 is 1.77 bits per heavy atom. The van der Waals surface area contributed by atoms with E-state index in [1.54, 1.807) is 22.8 Å². The van der Waals surface area contributed by atoms with Gasteiger partial charge in [0.25, 0.3) is 0 Å². The first-order valence-corrected chi connectivity index (χ1v) is 10.9. The summed E-state index contributed by atoms with van der Waals surface area (Å²) in [6.45, 7) is 1.41. The molecule has 31 heavy (non-hydrogen) atoms. The molecule has 0 aliphatic heterocycles. The Kier molecular flexibility index (Phi) is 6.73. The number of benzene rings is 1. The molecule has 10 heteroatoms. The van der Waals surface area contributed by atoms with Crippen molar-refractivity contribution in [2.45, 2.75) is 17.9 Å². The van der Waals surface area contributed by atoms with Crippen molar-refractivity contribution < 1.29 is 14.9 Å². The number of aliphatic hydroxyl groups is 2. The number of hydrogen-bond donors (Lipinski definition) is 2. The fraction of sp³-hybridized carbons (Fsp3) is 0.143. The molecule has 1 aromatic carbocycles. The van der Waals surface area contributed by atoms with Crippen LogP contribution in [0.3, 0.4) is 0 Å². The van der Waals surface area contributed by atoms with Gasteiger partial charge in [0.15, 0.2) is 17.4 Å². The molecular weight excluding hydrogens is 434 g/mol. The molecule has 0 fully saturated rings. The van der Waals surface area contributed by atoms with Crippen molar-refractivity contribution in [2.75, 3.05) is 10.9 Å². The summed E-state index contributed by atoms with van der Waals surface area (Å²) >= 11 is 2.49. The van der Waals surface area contributed by atoms with Crippen molar-refractivity contribution in [3.63, 3.8) is 0 Å². The lowest BCUT2D eigenvalue weighted by molar-refractivity contribution is 0.0896. The molecule has 0 saturated heterocycles. The lowest BCUT2D eigenvalue weighted by atomic mass is 10.3. The second-order valence-corrected chi connectivity index (χ2v) is 8.10. The Hall–Kier alpha value is -3.05. The Labute approximate surface area is 187 Å². The molecule has 4 aromatic rings. The number of aliphatic hydroxyl groups excluding tert-OH is 2. The molecule has 0 radical (unpaired) electrons. The zero-order valence-electron chi connectivity index (χ0n) is 16.5. The Morgan fingerprint density at radius 1 is 1.03 bits per heavy atom. The van der Waals surface area contributed by atoms with Gasteiger partial charge in [-0.3, -0.25) is 4.98 Å². The molecule has 4 rings (SSSR count). The van der Waals surface area contributed by atoms with Crippen molar-refractivity contribution in [1.82, 2.24) is 19.3 Å². The van der Waals surface area contributed by atoms with E-state index < -0.39 is 12.7 Å². The van der Waals surface area contributed by atoms with Crippen LogP contribution in [-0.4, -0.2) is 36.1 Å². The second-order valence-electron chi connectivity index (χ2n) is 6.35. The monoisotopic (exact) mass is 453 g/mol. The van der Waals surface area contributed by atoms with Crippen LogP contribution in [0.2, 0.25) is 0 Å². The van der Waals surface area contributed by atoms with Crippen LogP contribution in [-0.2, 0) is 0 Å². The Morgan fingerprint density at radius 3 is 2.52 bits per heavy atom. The van der Waals surface area contributed by atoms with Gasteiger partial charge in [-0.15, -0.1) is 0 Å². The second kappa shape index (κ2) is 9.84. The maximum Gasteiger partial charge on any atom is 0.221 e. The number of anilines is 2. The van der Waals surface area contributed by atoms with Crippen molar-refractivity contribution in [3.8, 4) is 11.5 Å². The highest BCUT2D eigenvalue weighted by molar-refractivity contribution is 8.01. The zero-order valence-corrected chi connectivity index (χ0v) is 18.1. The summed E-state index contributed by atoms with van der Waals surface area (Å²) in [5, 5.41) is 19.7. The molecule has 2 N–H and O–H groups in total. The first kappa shape index (κ1) is 21.2. The summed E-state index contributed by atoms with van der Waals surface area (Å²) in [5.41, 5.74) is 0.754. The highest BCUT2D eigenvalue weighted by atomic mass is 32.2. The van der Waals surface area contributed by atoms with Crippen molar-refractivity contribution in [2.24, 2.45) is 0 Å². The van der Waals surface area contributed by atoms with Gasteiger partial charge in [0, 0.05) is 28.8 Å². The number of ether oxygens (including phenoxy) is 1. The fourth-order valence-electron chi connectivity index (χ4n) is 2.60. The Balaban J connectivity index is 1.75. The van der Waals surface area contributed by atoms with Crippen molar-refractivity contribution in [1.29, 1.82) is 0 Å². The molecule has 0 bridgehead atoms. The van der Waals surface area contributed by atoms with E-state index in [1.165, 1.54) is 11.9 Å². The van der Waals surface area contributed by atoms with Crippen LogP contribution in [0, 0.1) is 6.92 Å². The minimum atomic E-state index is -1.15. The Bertz CT molecular complexity index is 1140. The van der Waals surface area contributed by atoms with Gasteiger partial charge in [-0.2, -0.15) is 9.36 Å². The zero-order chi connectivity index (χ0) is 21.6. The number of hydrogen-bond acceptors (Lipinski definition) is 10. The average Bonchev–Trinajstić information content (AvgIpc) is 3.30. The molecule has 0 aliphatic carbocycles.